The number of thioether (sulfide) groups is 1. The zero-order valence-electron chi connectivity index (χ0n) is 16.2. The summed E-state index contributed by atoms with van der Waals surface area (Å²) in [5.41, 5.74) is 4.73. The average Bonchev–Trinajstić information content (AvgIpc) is 3.14. The highest BCUT2D eigenvalue weighted by atomic mass is 32.2. The van der Waals surface area contributed by atoms with Crippen LogP contribution in [0.25, 0.3) is 5.69 Å². The van der Waals surface area contributed by atoms with Crippen molar-refractivity contribution in [1.82, 2.24) is 9.55 Å². The van der Waals surface area contributed by atoms with E-state index in [2.05, 4.69) is 42.3 Å². The third-order valence-corrected chi connectivity index (χ3v) is 5.20. The van der Waals surface area contributed by atoms with Crippen LogP contribution in [-0.4, -0.2) is 27.0 Å². The summed E-state index contributed by atoms with van der Waals surface area (Å²) in [5.74, 6) is 0.267. The first kappa shape index (κ1) is 19.9. The van der Waals surface area contributed by atoms with Crippen molar-refractivity contribution >= 4 is 29.1 Å². The smallest absolute Gasteiger partial charge is 0.224 e. The van der Waals surface area contributed by atoms with Gasteiger partial charge in [-0.25, -0.2) is 4.98 Å². The number of amides is 1. The summed E-state index contributed by atoms with van der Waals surface area (Å²) in [6, 6.07) is 13.3. The molecule has 0 bridgehead atoms. The maximum Gasteiger partial charge on any atom is 0.224 e. The molecule has 0 spiro atoms. The van der Waals surface area contributed by atoms with Crippen molar-refractivity contribution in [1.29, 1.82) is 0 Å². The number of aromatic nitrogens is 2. The number of imidazole rings is 1. The van der Waals surface area contributed by atoms with Gasteiger partial charge in [-0.1, -0.05) is 24.8 Å². The van der Waals surface area contributed by atoms with E-state index in [1.807, 2.05) is 10.8 Å². The van der Waals surface area contributed by atoms with Gasteiger partial charge in [-0.05, 0) is 61.4 Å². The zero-order chi connectivity index (χ0) is 20.1. The number of benzene rings is 2. The zero-order valence-corrected chi connectivity index (χ0v) is 17.0. The highest BCUT2D eigenvalue weighted by Gasteiger charge is 2.12. The second kappa shape index (κ2) is 8.89. The Morgan fingerprint density at radius 2 is 1.75 bits per heavy atom. The normalized spacial score (nSPS) is 10.7. The number of Topliss-reactive ketones (excluding diaryl/α,β-unsaturated/α-hetero) is 1. The number of hydrogen-bond acceptors (Lipinski definition) is 4. The van der Waals surface area contributed by atoms with Crippen LogP contribution in [0.1, 0.15) is 34.8 Å². The highest BCUT2D eigenvalue weighted by Crippen LogP contribution is 2.23. The Bertz CT molecular complexity index is 973. The minimum atomic E-state index is -0.0483. The summed E-state index contributed by atoms with van der Waals surface area (Å²) in [4.78, 5) is 28.4. The number of carbonyl (C=O) groups excluding carboxylic acids is 2. The van der Waals surface area contributed by atoms with Crippen LogP contribution in [0, 0.1) is 13.8 Å². The van der Waals surface area contributed by atoms with E-state index in [0.717, 1.165) is 10.8 Å². The van der Waals surface area contributed by atoms with Crippen LogP contribution in [0.5, 0.6) is 0 Å². The van der Waals surface area contributed by atoms with E-state index in [0.29, 0.717) is 23.4 Å². The van der Waals surface area contributed by atoms with Gasteiger partial charge in [0, 0.05) is 35.8 Å². The quantitative estimate of drug-likeness (QED) is 0.462. The number of anilines is 1. The van der Waals surface area contributed by atoms with Crippen molar-refractivity contribution in [2.24, 2.45) is 0 Å². The van der Waals surface area contributed by atoms with E-state index in [-0.39, 0.29) is 11.7 Å². The fourth-order valence-corrected chi connectivity index (χ4v) is 3.75. The van der Waals surface area contributed by atoms with Gasteiger partial charge < -0.3 is 5.32 Å². The second-order valence-electron chi connectivity index (χ2n) is 6.62. The molecule has 1 amide bonds. The lowest BCUT2D eigenvalue weighted by Gasteiger charge is -2.10. The minimum absolute atomic E-state index is 0.0216. The van der Waals surface area contributed by atoms with E-state index in [9.17, 15) is 9.59 Å². The molecule has 0 fully saturated rings. The summed E-state index contributed by atoms with van der Waals surface area (Å²) < 4.78 is 2.00. The molecule has 144 valence electrons. The van der Waals surface area contributed by atoms with Crippen molar-refractivity contribution in [3.8, 4) is 5.69 Å². The van der Waals surface area contributed by atoms with Crippen molar-refractivity contribution in [3.63, 3.8) is 0 Å². The predicted molar refractivity (Wildman–Crippen MR) is 113 cm³/mol. The van der Waals surface area contributed by atoms with Crippen LogP contribution >= 0.6 is 11.8 Å². The van der Waals surface area contributed by atoms with Gasteiger partial charge in [0.05, 0.1) is 5.75 Å². The van der Waals surface area contributed by atoms with Crippen molar-refractivity contribution in [2.75, 3.05) is 11.1 Å². The van der Waals surface area contributed by atoms with E-state index in [1.165, 1.54) is 22.9 Å². The Kier molecular flexibility index (Phi) is 6.31. The Hall–Kier alpha value is -2.86. The highest BCUT2D eigenvalue weighted by molar-refractivity contribution is 7.99. The second-order valence-corrected chi connectivity index (χ2v) is 7.56. The van der Waals surface area contributed by atoms with E-state index in [1.54, 1.807) is 37.4 Å². The molecule has 6 heteroatoms. The molecule has 3 aromatic rings. The van der Waals surface area contributed by atoms with Crippen LogP contribution < -0.4 is 5.32 Å². The SMILES string of the molecule is CCC(=O)Nc1ccc(C(=O)CSc2nccn2-c2cc(C)cc(C)c2)cc1. The Morgan fingerprint density at radius 3 is 2.39 bits per heavy atom. The molecule has 1 heterocycles. The molecule has 3 rings (SSSR count). The topological polar surface area (TPSA) is 64.0 Å². The fourth-order valence-electron chi connectivity index (χ4n) is 2.89. The van der Waals surface area contributed by atoms with Crippen LogP contribution in [0.2, 0.25) is 0 Å². The van der Waals surface area contributed by atoms with Crippen LogP contribution in [0.15, 0.2) is 60.0 Å². The first-order chi connectivity index (χ1) is 13.5. The maximum atomic E-state index is 12.5. The monoisotopic (exact) mass is 393 g/mol. The van der Waals surface area contributed by atoms with Crippen molar-refractivity contribution in [3.05, 3.63) is 71.5 Å². The van der Waals surface area contributed by atoms with Crippen LogP contribution in [-0.2, 0) is 4.79 Å². The van der Waals surface area contributed by atoms with Gasteiger partial charge >= 0.3 is 0 Å². The summed E-state index contributed by atoms with van der Waals surface area (Å²) >= 11 is 1.41. The van der Waals surface area contributed by atoms with Gasteiger partial charge in [0.15, 0.2) is 10.9 Å². The molecule has 0 aliphatic rings. The van der Waals surface area contributed by atoms with Gasteiger partial charge in [0.2, 0.25) is 5.91 Å². The number of carbonyl (C=O) groups is 2. The lowest BCUT2D eigenvalue weighted by molar-refractivity contribution is -0.115. The van der Waals surface area contributed by atoms with Gasteiger partial charge in [-0.3, -0.25) is 14.2 Å². The summed E-state index contributed by atoms with van der Waals surface area (Å²) in [7, 11) is 0. The maximum absolute atomic E-state index is 12.5. The van der Waals surface area contributed by atoms with E-state index in [4.69, 9.17) is 0 Å². The largest absolute Gasteiger partial charge is 0.326 e. The van der Waals surface area contributed by atoms with E-state index < -0.39 is 0 Å². The number of hydrogen-bond donors (Lipinski definition) is 1. The first-order valence-electron chi connectivity index (χ1n) is 9.14. The molecule has 0 unspecified atom stereocenters. The number of rotatable bonds is 7. The number of nitrogens with zero attached hydrogens (tertiary/aromatic N) is 2. The molecular formula is C22H23N3O2S. The Labute approximate surface area is 169 Å². The van der Waals surface area contributed by atoms with Crippen LogP contribution in [0.3, 0.4) is 0 Å². The predicted octanol–water partition coefficient (Wildman–Crippen LogP) is 4.81. The molecule has 0 aliphatic carbocycles. The first-order valence-corrected chi connectivity index (χ1v) is 10.1. The lowest BCUT2D eigenvalue weighted by atomic mass is 10.1. The Morgan fingerprint density at radius 1 is 1.07 bits per heavy atom. The van der Waals surface area contributed by atoms with Crippen molar-refractivity contribution in [2.45, 2.75) is 32.3 Å². The number of aryl methyl sites for hydroxylation is 2. The molecule has 28 heavy (non-hydrogen) atoms. The molecule has 0 radical (unpaired) electrons. The third-order valence-electron chi connectivity index (χ3n) is 4.24. The molecule has 5 nitrogen and oxygen atoms in total. The molecule has 1 N–H and O–H groups in total. The van der Waals surface area contributed by atoms with Crippen LogP contribution in [0.4, 0.5) is 5.69 Å². The third kappa shape index (κ3) is 4.89. The summed E-state index contributed by atoms with van der Waals surface area (Å²) in [6.07, 6.45) is 4.08. The molecule has 0 saturated carbocycles. The summed E-state index contributed by atoms with van der Waals surface area (Å²) in [5, 5.41) is 3.56. The summed E-state index contributed by atoms with van der Waals surface area (Å²) in [6.45, 7) is 5.93. The minimum Gasteiger partial charge on any atom is -0.326 e. The molecule has 1 aromatic heterocycles. The molecule has 0 saturated heterocycles. The molecule has 0 aliphatic heterocycles. The average molecular weight is 394 g/mol. The lowest BCUT2D eigenvalue weighted by Crippen LogP contribution is -2.10. The van der Waals surface area contributed by atoms with Gasteiger partial charge in [0.25, 0.3) is 0 Å². The molecule has 0 atom stereocenters. The number of nitrogens with one attached hydrogen (secondary N) is 1. The molecular weight excluding hydrogens is 370 g/mol. The van der Waals surface area contributed by atoms with Gasteiger partial charge in [0.1, 0.15) is 0 Å². The molecule has 2 aromatic carbocycles. The number of ketones is 1. The fraction of sp³-hybridized carbons (Fsp3) is 0.227. The Balaban J connectivity index is 1.67. The van der Waals surface area contributed by atoms with E-state index >= 15 is 0 Å². The van der Waals surface area contributed by atoms with Crippen molar-refractivity contribution < 1.29 is 9.59 Å². The van der Waals surface area contributed by atoms with Gasteiger partial charge in [-0.2, -0.15) is 0 Å². The van der Waals surface area contributed by atoms with Gasteiger partial charge in [-0.15, -0.1) is 0 Å². The standard InChI is InChI=1S/C22H23N3O2S/c1-4-21(27)24-18-7-5-17(6-8-18)20(26)14-28-22-23-9-10-25(22)19-12-15(2)11-16(3)13-19/h5-13H,4,14H2,1-3H3,(H,24,27).